The number of hydrogen-bond acceptors (Lipinski definition) is 1. The fourth-order valence-corrected chi connectivity index (χ4v) is 11.4. The lowest BCUT2D eigenvalue weighted by Gasteiger charge is -2.25. The Kier molecular flexibility index (Phi) is 9.80. The first-order chi connectivity index (χ1) is 33.9. The Labute approximate surface area is 404 Å². The Bertz CT molecular complexity index is 3890. The van der Waals surface area contributed by atoms with Gasteiger partial charge < -0.3 is 4.42 Å². The van der Waals surface area contributed by atoms with Crippen molar-refractivity contribution < 1.29 is 4.42 Å². The molecule has 12 aromatic rings. The Morgan fingerprint density at radius 2 is 0.870 bits per heavy atom. The molecule has 1 nitrogen and oxygen atoms in total. The maximum absolute atomic E-state index is 6.20. The molecule has 1 aromatic heterocycles. The monoisotopic (exact) mass is 882 g/mol. The van der Waals surface area contributed by atoms with Crippen LogP contribution in [0, 0.1) is 0 Å². The van der Waals surface area contributed by atoms with Gasteiger partial charge in [0.1, 0.15) is 11.2 Å². The van der Waals surface area contributed by atoms with Gasteiger partial charge in [0.05, 0.1) is 0 Å². The summed E-state index contributed by atoms with van der Waals surface area (Å²) < 4.78 is 6.20. The maximum Gasteiger partial charge on any atom is 0.136 e. The Balaban J connectivity index is 0.808. The molecule has 1 heteroatoms. The summed E-state index contributed by atoms with van der Waals surface area (Å²) in [5, 5.41) is 7.46. The Morgan fingerprint density at radius 1 is 0.348 bits per heavy atom. The number of para-hydroxylation sites is 1. The zero-order valence-corrected chi connectivity index (χ0v) is 38.9. The van der Waals surface area contributed by atoms with Gasteiger partial charge in [-0.3, -0.25) is 0 Å². The van der Waals surface area contributed by atoms with Crippen molar-refractivity contribution in [2.45, 2.75) is 38.0 Å². The largest absolute Gasteiger partial charge is 0.456 e. The third kappa shape index (κ3) is 7.16. The Hall–Kier alpha value is -8.26. The lowest BCUT2D eigenvalue weighted by atomic mass is 9.79. The zero-order valence-electron chi connectivity index (χ0n) is 38.9. The minimum Gasteiger partial charge on any atom is -0.456 e. The van der Waals surface area contributed by atoms with Crippen molar-refractivity contribution >= 4 is 43.5 Å². The third-order valence-corrected chi connectivity index (χ3v) is 15.2. The van der Waals surface area contributed by atoms with Crippen LogP contribution >= 0.6 is 0 Å². The number of benzene rings is 11. The molecule has 69 heavy (non-hydrogen) atoms. The highest BCUT2D eigenvalue weighted by molar-refractivity contribution is 6.13. The topological polar surface area (TPSA) is 13.1 Å². The molecule has 1 heterocycles. The van der Waals surface area contributed by atoms with E-state index in [1.165, 1.54) is 99.4 Å². The highest BCUT2D eigenvalue weighted by Crippen LogP contribution is 2.51. The molecular weight excluding hydrogens is 833 g/mol. The van der Waals surface area contributed by atoms with Crippen LogP contribution in [0.1, 0.15) is 54.0 Å². The first kappa shape index (κ1) is 41.0. The van der Waals surface area contributed by atoms with Crippen molar-refractivity contribution in [3.63, 3.8) is 0 Å². The van der Waals surface area contributed by atoms with Crippen LogP contribution in [0.5, 0.6) is 0 Å². The van der Waals surface area contributed by atoms with Crippen molar-refractivity contribution in [3.8, 4) is 55.6 Å². The van der Waals surface area contributed by atoms with Gasteiger partial charge in [-0.15, -0.1) is 0 Å². The van der Waals surface area contributed by atoms with E-state index < -0.39 is 0 Å². The molecule has 0 spiro atoms. The molecule has 1 aliphatic rings. The van der Waals surface area contributed by atoms with Crippen molar-refractivity contribution in [1.29, 1.82) is 0 Å². The summed E-state index contributed by atoms with van der Waals surface area (Å²) in [6.07, 6.45) is 1.96. The van der Waals surface area contributed by atoms with Crippen LogP contribution in [0.2, 0.25) is 0 Å². The molecule has 0 saturated carbocycles. The first-order valence-electron chi connectivity index (χ1n) is 24.4. The molecule has 0 saturated heterocycles. The van der Waals surface area contributed by atoms with E-state index in [1.807, 2.05) is 12.1 Å². The molecule has 13 rings (SSSR count). The van der Waals surface area contributed by atoms with Crippen LogP contribution in [0.3, 0.4) is 0 Å². The predicted molar refractivity (Wildman–Crippen MR) is 291 cm³/mol. The van der Waals surface area contributed by atoms with E-state index in [-0.39, 0.29) is 11.3 Å². The summed E-state index contributed by atoms with van der Waals surface area (Å²) in [6.45, 7) is 4.81. The van der Waals surface area contributed by atoms with Crippen molar-refractivity contribution in [2.75, 3.05) is 0 Å². The summed E-state index contributed by atoms with van der Waals surface area (Å²) in [7, 11) is 0. The van der Waals surface area contributed by atoms with Gasteiger partial charge in [-0.05, 0) is 148 Å². The average Bonchev–Trinajstić information content (AvgIpc) is 3.89. The molecule has 1 unspecified atom stereocenters. The van der Waals surface area contributed by atoms with Gasteiger partial charge in [0.2, 0.25) is 0 Å². The minimum absolute atomic E-state index is 0.132. The third-order valence-electron chi connectivity index (χ3n) is 15.2. The van der Waals surface area contributed by atoms with Gasteiger partial charge in [-0.2, -0.15) is 0 Å². The molecule has 1 atom stereocenters. The number of aryl methyl sites for hydroxylation is 1. The second-order valence-corrected chi connectivity index (χ2v) is 19.5. The Morgan fingerprint density at radius 3 is 1.64 bits per heavy atom. The summed E-state index contributed by atoms with van der Waals surface area (Å²) >= 11 is 0. The van der Waals surface area contributed by atoms with Gasteiger partial charge >= 0.3 is 0 Å². The van der Waals surface area contributed by atoms with Crippen molar-refractivity contribution in [3.05, 3.63) is 264 Å². The molecular formula is C68H50O. The number of furan rings is 1. The number of rotatable bonds is 9. The molecule has 0 radical (unpaired) electrons. The number of fused-ring (bicyclic) bond motifs is 9. The standard InChI is InChI=1S/C68H50O/c1-68(2)64-41-51(45-12-4-3-5-13-45)33-37-59(64)60-38-35-54(42-65(60)68)55(49-29-31-50(32-30-49)63-40-53-14-6-7-15-56(53)57-16-8-9-17-58(57)63)36-22-44-20-23-46(24-21-44)47-25-27-48(28-26-47)52-34-39-62-61-18-10-11-19-66(61)69-67(62)43-52/h3-21,23-35,37-43,55H,22,36H2,1-2H3. The average molecular weight is 883 g/mol. The van der Waals surface area contributed by atoms with Crippen LogP contribution in [-0.2, 0) is 11.8 Å². The summed E-state index contributed by atoms with van der Waals surface area (Å²) in [5.74, 6) is 0.211. The predicted octanol–water partition coefficient (Wildman–Crippen LogP) is 18.6. The van der Waals surface area contributed by atoms with E-state index in [2.05, 4.69) is 238 Å². The lowest BCUT2D eigenvalue weighted by Crippen LogP contribution is -2.16. The summed E-state index contributed by atoms with van der Waals surface area (Å²) in [6, 6.07) is 87.6. The van der Waals surface area contributed by atoms with E-state index in [0.29, 0.717) is 0 Å². The maximum atomic E-state index is 6.20. The van der Waals surface area contributed by atoms with Crippen molar-refractivity contribution in [2.24, 2.45) is 0 Å². The molecule has 1 aliphatic carbocycles. The molecule has 0 bridgehead atoms. The second-order valence-electron chi connectivity index (χ2n) is 19.5. The van der Waals surface area contributed by atoms with Gasteiger partial charge in [0.25, 0.3) is 0 Å². The minimum atomic E-state index is -0.132. The highest BCUT2D eigenvalue weighted by atomic mass is 16.3. The molecule has 328 valence electrons. The lowest BCUT2D eigenvalue weighted by molar-refractivity contribution is 0.654. The fraction of sp³-hybridized carbons (Fsp3) is 0.0882. The first-order valence-corrected chi connectivity index (χ1v) is 24.4. The van der Waals surface area contributed by atoms with E-state index in [0.717, 1.165) is 40.3 Å². The van der Waals surface area contributed by atoms with E-state index in [9.17, 15) is 0 Å². The quantitative estimate of drug-likeness (QED) is 0.132. The molecule has 11 aromatic carbocycles. The highest BCUT2D eigenvalue weighted by Gasteiger charge is 2.36. The summed E-state index contributed by atoms with van der Waals surface area (Å²) in [5.41, 5.74) is 21.1. The van der Waals surface area contributed by atoms with Crippen LogP contribution in [0.25, 0.3) is 99.1 Å². The smallest absolute Gasteiger partial charge is 0.136 e. The van der Waals surface area contributed by atoms with Crippen molar-refractivity contribution in [1.82, 2.24) is 0 Å². The van der Waals surface area contributed by atoms with Crippen LogP contribution in [0.15, 0.2) is 241 Å². The zero-order chi connectivity index (χ0) is 46.1. The van der Waals surface area contributed by atoms with E-state index >= 15 is 0 Å². The van der Waals surface area contributed by atoms with Gasteiger partial charge in [0.15, 0.2) is 0 Å². The summed E-state index contributed by atoms with van der Waals surface area (Å²) in [4.78, 5) is 0. The van der Waals surface area contributed by atoms with Gasteiger partial charge in [-0.25, -0.2) is 0 Å². The van der Waals surface area contributed by atoms with E-state index in [1.54, 1.807) is 0 Å². The SMILES string of the molecule is CC1(C)c2cc(-c3ccccc3)ccc2-c2ccc(C(CCc3ccc(-c4ccc(-c5ccc6c(c5)oc5ccccc56)cc4)cc3)c3ccc(-c4cc5ccccc5c5ccccc45)cc3)cc21. The van der Waals surface area contributed by atoms with E-state index in [4.69, 9.17) is 4.42 Å². The molecule has 0 N–H and O–H groups in total. The van der Waals surface area contributed by atoms with Crippen LogP contribution < -0.4 is 0 Å². The van der Waals surface area contributed by atoms with Gasteiger partial charge in [0, 0.05) is 22.1 Å². The van der Waals surface area contributed by atoms with Crippen LogP contribution in [-0.4, -0.2) is 0 Å². The number of hydrogen-bond donors (Lipinski definition) is 0. The normalized spacial score (nSPS) is 13.2. The van der Waals surface area contributed by atoms with Crippen LogP contribution in [0.4, 0.5) is 0 Å². The van der Waals surface area contributed by atoms with Gasteiger partial charge in [-0.1, -0.05) is 220 Å². The fourth-order valence-electron chi connectivity index (χ4n) is 11.4. The molecule has 0 amide bonds. The molecule has 0 aliphatic heterocycles. The second kappa shape index (κ2) is 16.5. The molecule has 0 fully saturated rings.